The maximum atomic E-state index is 14.6. The fourth-order valence-electron chi connectivity index (χ4n) is 3.35. The Morgan fingerprint density at radius 1 is 1.30 bits per heavy atom. The Labute approximate surface area is 180 Å². The largest absolute Gasteiger partial charge is 0.382 e. The van der Waals surface area contributed by atoms with Gasteiger partial charge in [0.05, 0.1) is 12.2 Å². The average molecular weight is 450 g/mol. The van der Waals surface area contributed by atoms with E-state index >= 15 is 0 Å². The molecule has 1 N–H and O–H groups in total. The Morgan fingerprint density at radius 2 is 2.10 bits per heavy atom. The summed E-state index contributed by atoms with van der Waals surface area (Å²) in [6.07, 6.45) is 4.79. The number of fused-ring (bicyclic) bond motifs is 1. The Hall–Kier alpha value is -2.30. The van der Waals surface area contributed by atoms with E-state index < -0.39 is 22.5 Å². The molecule has 4 aromatic rings. The van der Waals surface area contributed by atoms with Crippen LogP contribution in [-0.4, -0.2) is 34.5 Å². The first-order valence-corrected chi connectivity index (χ1v) is 11.2. The second-order valence-electron chi connectivity index (χ2n) is 7.22. The van der Waals surface area contributed by atoms with Crippen molar-refractivity contribution in [3.05, 3.63) is 70.5 Å². The molecule has 6 nitrogen and oxygen atoms in total. The van der Waals surface area contributed by atoms with Crippen molar-refractivity contribution in [2.75, 3.05) is 0 Å². The first-order valence-electron chi connectivity index (χ1n) is 9.34. The van der Waals surface area contributed by atoms with Gasteiger partial charge >= 0.3 is 0 Å². The lowest BCUT2D eigenvalue weighted by Gasteiger charge is -2.34. The lowest BCUT2D eigenvalue weighted by atomic mass is 9.90. The third-order valence-electron chi connectivity index (χ3n) is 5.26. The number of hydrogen-bond donors (Lipinski definition) is 1. The highest BCUT2D eigenvalue weighted by molar-refractivity contribution is 7.99. The van der Waals surface area contributed by atoms with Crippen LogP contribution in [0.5, 0.6) is 0 Å². The number of aryl methyl sites for hydroxylation is 2. The van der Waals surface area contributed by atoms with Crippen LogP contribution in [0, 0.1) is 25.5 Å². The van der Waals surface area contributed by atoms with Gasteiger partial charge in [0.25, 0.3) is 0 Å². The minimum Gasteiger partial charge on any atom is -0.382 e. The summed E-state index contributed by atoms with van der Waals surface area (Å²) >= 11 is 3.08. The van der Waals surface area contributed by atoms with Gasteiger partial charge in [-0.25, -0.2) is 23.4 Å². The first-order chi connectivity index (χ1) is 14.3. The molecule has 0 bridgehead atoms. The van der Waals surface area contributed by atoms with E-state index in [1.165, 1.54) is 40.0 Å². The van der Waals surface area contributed by atoms with Crippen LogP contribution in [0.1, 0.15) is 28.8 Å². The predicted octanol–water partition coefficient (Wildman–Crippen LogP) is 4.09. The zero-order valence-electron chi connectivity index (χ0n) is 16.7. The standard InChI is InChI=1S/C20H21F2N5OS2/c1-12-13(2)30-19-25-16(7-27(12)19)8-29-14(3)20(28,9-26-11-23-10-24-26)17-5-4-15(21)6-18(17)22/h4-7,10-11,14,28H,8-9H2,1-3H3/t14-,20-/m1/s1. The molecule has 3 heterocycles. The second kappa shape index (κ2) is 8.09. The van der Waals surface area contributed by atoms with Crippen LogP contribution >= 0.6 is 23.1 Å². The quantitative estimate of drug-likeness (QED) is 0.460. The third-order valence-corrected chi connectivity index (χ3v) is 7.68. The van der Waals surface area contributed by atoms with Gasteiger partial charge in [0.2, 0.25) is 0 Å². The molecule has 30 heavy (non-hydrogen) atoms. The van der Waals surface area contributed by atoms with Crippen molar-refractivity contribution in [1.29, 1.82) is 0 Å². The summed E-state index contributed by atoms with van der Waals surface area (Å²) in [5.74, 6) is -0.946. The van der Waals surface area contributed by atoms with Crippen LogP contribution in [0.25, 0.3) is 4.96 Å². The number of halogens is 2. The van der Waals surface area contributed by atoms with Gasteiger partial charge in [0.1, 0.15) is 29.9 Å². The van der Waals surface area contributed by atoms with E-state index in [4.69, 9.17) is 0 Å². The predicted molar refractivity (Wildman–Crippen MR) is 114 cm³/mol. The van der Waals surface area contributed by atoms with Crippen molar-refractivity contribution >= 4 is 28.1 Å². The third kappa shape index (κ3) is 3.86. The molecule has 0 saturated heterocycles. The fourth-order valence-corrected chi connectivity index (χ4v) is 5.36. The van der Waals surface area contributed by atoms with E-state index in [9.17, 15) is 13.9 Å². The van der Waals surface area contributed by atoms with Crippen molar-refractivity contribution in [2.24, 2.45) is 0 Å². The summed E-state index contributed by atoms with van der Waals surface area (Å²) in [7, 11) is 0. The van der Waals surface area contributed by atoms with Gasteiger partial charge in [-0.3, -0.25) is 4.40 Å². The highest BCUT2D eigenvalue weighted by Crippen LogP contribution is 2.37. The van der Waals surface area contributed by atoms with E-state index in [0.717, 1.165) is 28.5 Å². The minimum absolute atomic E-state index is 0.0136. The molecule has 0 aliphatic rings. The molecule has 10 heteroatoms. The Morgan fingerprint density at radius 3 is 2.77 bits per heavy atom. The number of benzene rings is 1. The molecule has 0 spiro atoms. The van der Waals surface area contributed by atoms with Gasteiger partial charge in [0.15, 0.2) is 4.96 Å². The molecule has 0 radical (unpaired) electrons. The number of aromatic nitrogens is 5. The van der Waals surface area contributed by atoms with Crippen LogP contribution in [0.4, 0.5) is 8.78 Å². The van der Waals surface area contributed by atoms with E-state index in [0.29, 0.717) is 5.75 Å². The van der Waals surface area contributed by atoms with E-state index in [1.54, 1.807) is 11.3 Å². The fraction of sp³-hybridized carbons (Fsp3) is 0.350. The van der Waals surface area contributed by atoms with Gasteiger partial charge in [-0.15, -0.1) is 23.1 Å². The minimum atomic E-state index is -1.63. The monoisotopic (exact) mass is 449 g/mol. The molecular weight excluding hydrogens is 428 g/mol. The summed E-state index contributed by atoms with van der Waals surface area (Å²) in [6, 6.07) is 3.22. The van der Waals surface area contributed by atoms with Crippen LogP contribution in [-0.2, 0) is 17.9 Å². The number of thiazole rings is 1. The number of aliphatic hydroxyl groups is 1. The normalized spacial score (nSPS) is 14.9. The molecule has 0 amide bonds. The maximum absolute atomic E-state index is 14.6. The summed E-state index contributed by atoms with van der Waals surface area (Å²) in [4.78, 5) is 10.7. The molecule has 0 fully saturated rings. The average Bonchev–Trinajstić information content (AvgIpc) is 3.39. The molecule has 2 atom stereocenters. The first kappa shape index (κ1) is 21.0. The molecule has 0 saturated carbocycles. The molecule has 0 aliphatic heterocycles. The Balaban J connectivity index is 1.60. The molecule has 4 rings (SSSR count). The van der Waals surface area contributed by atoms with Gasteiger partial charge in [-0.1, -0.05) is 13.0 Å². The van der Waals surface area contributed by atoms with Crippen LogP contribution < -0.4 is 0 Å². The number of hydrogen-bond acceptors (Lipinski definition) is 6. The van der Waals surface area contributed by atoms with E-state index in [2.05, 4.69) is 26.4 Å². The highest BCUT2D eigenvalue weighted by Gasteiger charge is 2.39. The van der Waals surface area contributed by atoms with Crippen LogP contribution in [0.2, 0.25) is 0 Å². The number of imidazole rings is 1. The Kier molecular flexibility index (Phi) is 5.65. The number of thioether (sulfide) groups is 1. The zero-order valence-corrected chi connectivity index (χ0v) is 18.3. The zero-order chi connectivity index (χ0) is 21.5. The molecule has 3 aromatic heterocycles. The SMILES string of the molecule is Cc1sc2nc(CS[C@H](C)[C@](O)(Cn3cncn3)c3ccc(F)cc3F)cn2c1C. The topological polar surface area (TPSA) is 68.2 Å². The number of nitrogens with zero attached hydrogens (tertiary/aromatic N) is 5. The van der Waals surface area contributed by atoms with Crippen molar-refractivity contribution in [1.82, 2.24) is 24.1 Å². The van der Waals surface area contributed by atoms with Crippen LogP contribution in [0.15, 0.2) is 37.1 Å². The second-order valence-corrected chi connectivity index (χ2v) is 9.73. The van der Waals surface area contributed by atoms with Crippen LogP contribution in [0.3, 0.4) is 0 Å². The molecule has 158 valence electrons. The van der Waals surface area contributed by atoms with Crippen molar-refractivity contribution in [3.63, 3.8) is 0 Å². The van der Waals surface area contributed by atoms with Crippen molar-refractivity contribution in [3.8, 4) is 0 Å². The van der Waals surface area contributed by atoms with Gasteiger partial charge in [-0.2, -0.15) is 5.10 Å². The van der Waals surface area contributed by atoms with Gasteiger partial charge in [0, 0.05) is 39.4 Å². The summed E-state index contributed by atoms with van der Waals surface area (Å²) in [5.41, 5.74) is 0.434. The summed E-state index contributed by atoms with van der Waals surface area (Å²) in [6.45, 7) is 5.92. The highest BCUT2D eigenvalue weighted by atomic mass is 32.2. The van der Waals surface area contributed by atoms with Crippen molar-refractivity contribution in [2.45, 2.75) is 43.9 Å². The number of rotatable bonds is 7. The molecule has 0 aliphatic carbocycles. The molecular formula is C20H21F2N5OS2. The van der Waals surface area contributed by atoms with Crippen molar-refractivity contribution < 1.29 is 13.9 Å². The van der Waals surface area contributed by atoms with Gasteiger partial charge in [-0.05, 0) is 19.9 Å². The lowest BCUT2D eigenvalue weighted by molar-refractivity contribution is 0.0133. The Bertz CT molecular complexity index is 1170. The smallest absolute Gasteiger partial charge is 0.194 e. The summed E-state index contributed by atoms with van der Waals surface area (Å²) < 4.78 is 31.6. The lowest BCUT2D eigenvalue weighted by Crippen LogP contribution is -2.41. The van der Waals surface area contributed by atoms with E-state index in [1.807, 2.05) is 20.0 Å². The summed E-state index contributed by atoms with van der Waals surface area (Å²) in [5, 5.41) is 15.2. The molecule has 1 aromatic carbocycles. The van der Waals surface area contributed by atoms with Gasteiger partial charge < -0.3 is 5.11 Å². The molecule has 0 unspecified atom stereocenters. The maximum Gasteiger partial charge on any atom is 0.194 e. The van der Waals surface area contributed by atoms with E-state index in [-0.39, 0.29) is 12.1 Å².